The van der Waals surface area contributed by atoms with E-state index in [1.165, 1.54) is 0 Å². The second-order valence-electron chi connectivity index (χ2n) is 1.52. The molecule has 9 heavy (non-hydrogen) atoms. The zero-order valence-electron chi connectivity index (χ0n) is 4.49. The molecular weight excluding hydrogens is 127 g/mol. The van der Waals surface area contributed by atoms with Crippen molar-refractivity contribution in [3.8, 4) is 0 Å². The summed E-state index contributed by atoms with van der Waals surface area (Å²) >= 11 is 0. The van der Waals surface area contributed by atoms with E-state index in [9.17, 15) is 0 Å². The quantitative estimate of drug-likeness (QED) is 0.542. The van der Waals surface area contributed by atoms with Gasteiger partial charge in [0.2, 0.25) is 0 Å². The van der Waals surface area contributed by atoms with Gasteiger partial charge in [0.15, 0.2) is 0 Å². The van der Waals surface area contributed by atoms with Crippen LogP contribution in [0.25, 0.3) is 0 Å². The van der Waals surface area contributed by atoms with Crippen molar-refractivity contribution in [3.63, 3.8) is 0 Å². The standard InChI is InChI=1S/C5H8N2O.Na.H/c8-4-3-7-2-1-6-5-7;;/h1-2,5,8H,3-4H2;;. The molecule has 1 aromatic heterocycles. The summed E-state index contributed by atoms with van der Waals surface area (Å²) in [6.07, 6.45) is 5.18. The van der Waals surface area contributed by atoms with Gasteiger partial charge in [-0.3, -0.25) is 0 Å². The summed E-state index contributed by atoms with van der Waals surface area (Å²) in [4.78, 5) is 3.79. The second kappa shape index (κ2) is 4.99. The first-order chi connectivity index (χ1) is 3.93. The van der Waals surface area contributed by atoms with E-state index >= 15 is 0 Å². The van der Waals surface area contributed by atoms with Crippen LogP contribution in [0, 0.1) is 0 Å². The molecule has 0 saturated carbocycles. The zero-order valence-corrected chi connectivity index (χ0v) is 4.49. The van der Waals surface area contributed by atoms with E-state index in [0.29, 0.717) is 6.54 Å². The van der Waals surface area contributed by atoms with Gasteiger partial charge in [-0.15, -0.1) is 0 Å². The third-order valence-corrected chi connectivity index (χ3v) is 0.917. The molecule has 3 nitrogen and oxygen atoms in total. The average molecular weight is 136 g/mol. The van der Waals surface area contributed by atoms with Gasteiger partial charge in [0, 0.05) is 18.9 Å². The summed E-state index contributed by atoms with van der Waals surface area (Å²) < 4.78 is 1.82. The number of imidazole rings is 1. The normalized spacial score (nSPS) is 8.56. The van der Waals surface area contributed by atoms with Crippen molar-refractivity contribution < 1.29 is 5.11 Å². The van der Waals surface area contributed by atoms with Crippen molar-refractivity contribution in [1.82, 2.24) is 9.55 Å². The van der Waals surface area contributed by atoms with Crippen LogP contribution in [0.4, 0.5) is 0 Å². The molecule has 0 bridgehead atoms. The Labute approximate surface area is 76.0 Å². The van der Waals surface area contributed by atoms with Crippen molar-refractivity contribution >= 4 is 29.6 Å². The predicted octanol–water partition coefficient (Wildman–Crippen LogP) is -0.773. The number of aromatic nitrogens is 2. The second-order valence-corrected chi connectivity index (χ2v) is 1.52. The monoisotopic (exact) mass is 136 g/mol. The molecule has 0 fully saturated rings. The third kappa shape index (κ3) is 3.01. The fraction of sp³-hybridized carbons (Fsp3) is 0.400. The Balaban J connectivity index is 0.000000640. The van der Waals surface area contributed by atoms with E-state index in [2.05, 4.69) is 4.98 Å². The van der Waals surface area contributed by atoms with E-state index in [-0.39, 0.29) is 36.2 Å². The van der Waals surface area contributed by atoms with Gasteiger partial charge < -0.3 is 9.67 Å². The SMILES string of the molecule is OCCn1ccnc1.[NaH]. The van der Waals surface area contributed by atoms with Gasteiger partial charge in [0.1, 0.15) is 0 Å². The first kappa shape index (κ1) is 9.17. The van der Waals surface area contributed by atoms with Crippen LogP contribution in [-0.2, 0) is 6.54 Å². The minimum absolute atomic E-state index is 0. The molecule has 0 aromatic carbocycles. The van der Waals surface area contributed by atoms with Gasteiger partial charge in [-0.2, -0.15) is 0 Å². The Bertz CT molecular complexity index is 141. The van der Waals surface area contributed by atoms with Crippen LogP contribution < -0.4 is 0 Å². The molecule has 0 saturated heterocycles. The molecule has 0 amide bonds. The van der Waals surface area contributed by atoms with Gasteiger partial charge >= 0.3 is 29.6 Å². The molecule has 4 heteroatoms. The van der Waals surface area contributed by atoms with Crippen molar-refractivity contribution in [1.29, 1.82) is 0 Å². The Morgan fingerprint density at radius 3 is 2.78 bits per heavy atom. The number of aliphatic hydroxyl groups is 1. The third-order valence-electron chi connectivity index (χ3n) is 0.917. The summed E-state index contributed by atoms with van der Waals surface area (Å²) in [5.74, 6) is 0. The molecule has 0 aliphatic carbocycles. The maximum absolute atomic E-state index is 8.39. The van der Waals surface area contributed by atoms with Crippen molar-refractivity contribution in [3.05, 3.63) is 18.7 Å². The van der Waals surface area contributed by atoms with E-state index in [1.807, 2.05) is 10.8 Å². The van der Waals surface area contributed by atoms with Crippen LogP contribution in [0.2, 0.25) is 0 Å². The predicted molar refractivity (Wildman–Crippen MR) is 36.5 cm³/mol. The molecule has 0 unspecified atom stereocenters. The van der Waals surface area contributed by atoms with Crippen molar-refractivity contribution in [2.45, 2.75) is 6.54 Å². The first-order valence-corrected chi connectivity index (χ1v) is 2.50. The molecular formula is C5H9N2NaO. The number of aliphatic hydroxyl groups excluding tert-OH is 1. The van der Waals surface area contributed by atoms with Gasteiger partial charge in [-0.1, -0.05) is 0 Å². The molecule has 0 aliphatic rings. The molecule has 0 aliphatic heterocycles. The summed E-state index contributed by atoms with van der Waals surface area (Å²) in [6, 6.07) is 0. The molecule has 1 heterocycles. The molecule has 1 rings (SSSR count). The number of hydrogen-bond donors (Lipinski definition) is 1. The zero-order chi connectivity index (χ0) is 5.82. The molecule has 1 N–H and O–H groups in total. The van der Waals surface area contributed by atoms with Crippen LogP contribution in [0.15, 0.2) is 18.7 Å². The van der Waals surface area contributed by atoms with Crippen molar-refractivity contribution in [2.24, 2.45) is 0 Å². The van der Waals surface area contributed by atoms with Crippen LogP contribution in [-0.4, -0.2) is 50.8 Å². The minimum atomic E-state index is 0. The Morgan fingerprint density at radius 2 is 2.33 bits per heavy atom. The van der Waals surface area contributed by atoms with E-state index in [0.717, 1.165) is 0 Å². The summed E-state index contributed by atoms with van der Waals surface area (Å²) in [5.41, 5.74) is 0. The van der Waals surface area contributed by atoms with Gasteiger partial charge in [-0.05, 0) is 0 Å². The van der Waals surface area contributed by atoms with Gasteiger partial charge in [0.25, 0.3) is 0 Å². The van der Waals surface area contributed by atoms with Crippen LogP contribution >= 0.6 is 0 Å². The summed E-state index contributed by atoms with van der Waals surface area (Å²) in [6.45, 7) is 0.816. The first-order valence-electron chi connectivity index (χ1n) is 2.50. The Morgan fingerprint density at radius 1 is 1.56 bits per heavy atom. The number of hydrogen-bond acceptors (Lipinski definition) is 2. The van der Waals surface area contributed by atoms with Crippen molar-refractivity contribution in [2.75, 3.05) is 6.61 Å². The summed E-state index contributed by atoms with van der Waals surface area (Å²) in [7, 11) is 0. The fourth-order valence-electron chi connectivity index (χ4n) is 0.534. The number of nitrogens with zero attached hydrogens (tertiary/aromatic N) is 2. The fourth-order valence-corrected chi connectivity index (χ4v) is 0.534. The Kier molecular flexibility index (Phi) is 5.09. The van der Waals surface area contributed by atoms with Crippen LogP contribution in [0.5, 0.6) is 0 Å². The molecule has 1 aromatic rings. The topological polar surface area (TPSA) is 38.0 Å². The van der Waals surface area contributed by atoms with Crippen LogP contribution in [0.1, 0.15) is 0 Å². The average Bonchev–Trinajstić information content (AvgIpc) is 2.19. The summed E-state index contributed by atoms with van der Waals surface area (Å²) in [5, 5.41) is 8.39. The molecule has 46 valence electrons. The van der Waals surface area contributed by atoms with Crippen LogP contribution in [0.3, 0.4) is 0 Å². The maximum atomic E-state index is 8.39. The molecule has 0 atom stereocenters. The van der Waals surface area contributed by atoms with Gasteiger partial charge in [-0.25, -0.2) is 4.98 Å². The molecule has 0 radical (unpaired) electrons. The number of rotatable bonds is 2. The molecule has 0 spiro atoms. The van der Waals surface area contributed by atoms with E-state index in [4.69, 9.17) is 5.11 Å². The van der Waals surface area contributed by atoms with Gasteiger partial charge in [0.05, 0.1) is 12.9 Å². The Hall–Kier alpha value is 0.170. The van der Waals surface area contributed by atoms with E-state index in [1.54, 1.807) is 12.5 Å². The van der Waals surface area contributed by atoms with E-state index < -0.39 is 0 Å².